The number of benzene rings is 1. The lowest BCUT2D eigenvalue weighted by Gasteiger charge is -1.98. The monoisotopic (exact) mass is 179 g/mol. The Labute approximate surface area is 74.8 Å². The van der Waals surface area contributed by atoms with E-state index in [1.165, 1.54) is 24.3 Å². The maximum Gasteiger partial charge on any atom is 0.338 e. The second-order valence-corrected chi connectivity index (χ2v) is 2.31. The molecule has 0 unspecified atom stereocenters. The Bertz CT molecular complexity index is 326. The number of carboxylic acids is 1. The average Bonchev–Trinajstić information content (AvgIpc) is 2.17. The van der Waals surface area contributed by atoms with Gasteiger partial charge in [0, 0.05) is 0 Å². The van der Waals surface area contributed by atoms with E-state index >= 15 is 0 Å². The number of esters is 1. The first kappa shape index (κ1) is 9.25. The molecule has 0 aromatic heterocycles. The van der Waals surface area contributed by atoms with Gasteiger partial charge < -0.3 is 9.84 Å². The van der Waals surface area contributed by atoms with Crippen molar-refractivity contribution in [2.45, 2.75) is 0 Å². The van der Waals surface area contributed by atoms with E-state index in [1.807, 2.05) is 0 Å². The van der Waals surface area contributed by atoms with Crippen molar-refractivity contribution in [1.82, 2.24) is 0 Å². The average molecular weight is 179 g/mol. The van der Waals surface area contributed by atoms with Crippen molar-refractivity contribution in [3.63, 3.8) is 0 Å². The van der Waals surface area contributed by atoms with E-state index in [-0.39, 0.29) is 11.1 Å². The predicted octanol–water partition coefficient (Wildman–Crippen LogP) is 1.33. The molecule has 0 spiro atoms. The molecule has 0 fully saturated rings. The summed E-state index contributed by atoms with van der Waals surface area (Å²) in [4.78, 5) is 21.3. The van der Waals surface area contributed by atoms with Gasteiger partial charge in [-0.05, 0) is 24.3 Å². The highest BCUT2D eigenvalue weighted by Crippen LogP contribution is 2.05. The standard InChI is InChI=1S/C9H7O4/c1-13-9(12)7-4-2-6(3-5-7)8(10)11/h2-5H,1H2,(H,10,11). The molecule has 1 radical (unpaired) electrons. The van der Waals surface area contributed by atoms with Crippen LogP contribution in [0.2, 0.25) is 0 Å². The fourth-order valence-corrected chi connectivity index (χ4v) is 0.832. The SMILES string of the molecule is [CH2]OC(=O)c1ccc(C(=O)O)cc1. The topological polar surface area (TPSA) is 63.6 Å². The van der Waals surface area contributed by atoms with Crippen LogP contribution in [0.1, 0.15) is 20.7 Å². The summed E-state index contributed by atoms with van der Waals surface area (Å²) in [5, 5.41) is 8.54. The van der Waals surface area contributed by atoms with Gasteiger partial charge in [0.25, 0.3) is 0 Å². The number of hydrogen-bond donors (Lipinski definition) is 1. The maximum atomic E-state index is 10.9. The minimum atomic E-state index is -1.03. The highest BCUT2D eigenvalue weighted by atomic mass is 16.5. The fraction of sp³-hybridized carbons (Fsp3) is 0. The molecule has 0 saturated carbocycles. The van der Waals surface area contributed by atoms with Gasteiger partial charge in [0.1, 0.15) is 7.11 Å². The predicted molar refractivity (Wildman–Crippen MR) is 44.2 cm³/mol. The molecule has 0 aliphatic heterocycles. The molecule has 4 heteroatoms. The Morgan fingerprint density at radius 1 is 1.15 bits per heavy atom. The van der Waals surface area contributed by atoms with Crippen LogP contribution < -0.4 is 0 Å². The number of carbonyl (C=O) groups is 2. The summed E-state index contributed by atoms with van der Waals surface area (Å²) in [6.45, 7) is 0. The number of carboxylic acid groups (broad SMARTS) is 1. The molecule has 1 aromatic rings. The van der Waals surface area contributed by atoms with Gasteiger partial charge in [-0.2, -0.15) is 0 Å². The molecule has 1 rings (SSSR count). The summed E-state index contributed by atoms with van der Waals surface area (Å²) in [6, 6.07) is 5.40. The van der Waals surface area contributed by atoms with E-state index < -0.39 is 11.9 Å². The Hall–Kier alpha value is -1.84. The van der Waals surface area contributed by atoms with Crippen LogP contribution in [0.5, 0.6) is 0 Å². The van der Waals surface area contributed by atoms with Crippen LogP contribution in [0.15, 0.2) is 24.3 Å². The van der Waals surface area contributed by atoms with E-state index in [0.29, 0.717) is 0 Å². The maximum absolute atomic E-state index is 10.9. The van der Waals surface area contributed by atoms with Crippen molar-refractivity contribution in [2.75, 3.05) is 0 Å². The zero-order valence-electron chi connectivity index (χ0n) is 6.69. The molecular weight excluding hydrogens is 172 g/mol. The van der Waals surface area contributed by atoms with Crippen LogP contribution in [0.4, 0.5) is 0 Å². The van der Waals surface area contributed by atoms with Gasteiger partial charge in [-0.15, -0.1) is 0 Å². The molecule has 0 amide bonds. The molecular formula is C9H7O4. The molecule has 1 aromatic carbocycles. The smallest absolute Gasteiger partial charge is 0.338 e. The van der Waals surface area contributed by atoms with E-state index in [1.54, 1.807) is 0 Å². The lowest BCUT2D eigenvalue weighted by Crippen LogP contribution is -2.01. The van der Waals surface area contributed by atoms with Crippen LogP contribution in [-0.4, -0.2) is 17.0 Å². The number of hydrogen-bond acceptors (Lipinski definition) is 3. The van der Waals surface area contributed by atoms with Gasteiger partial charge in [-0.1, -0.05) is 0 Å². The Balaban J connectivity index is 2.93. The van der Waals surface area contributed by atoms with E-state index in [2.05, 4.69) is 11.8 Å². The summed E-state index contributed by atoms with van der Waals surface area (Å²) >= 11 is 0. The Morgan fingerprint density at radius 3 is 2.00 bits per heavy atom. The van der Waals surface area contributed by atoms with Crippen molar-refractivity contribution < 1.29 is 19.4 Å². The second-order valence-electron chi connectivity index (χ2n) is 2.31. The number of carbonyl (C=O) groups excluding carboxylic acids is 1. The molecule has 13 heavy (non-hydrogen) atoms. The second kappa shape index (κ2) is 3.71. The summed E-state index contributed by atoms with van der Waals surface area (Å²) in [5.74, 6) is -1.62. The van der Waals surface area contributed by atoms with Crippen LogP contribution in [-0.2, 0) is 4.74 Å². The summed E-state index contributed by atoms with van der Waals surface area (Å²) in [6.07, 6.45) is 0. The first-order valence-corrected chi connectivity index (χ1v) is 3.45. The van der Waals surface area contributed by atoms with Crippen molar-refractivity contribution in [3.8, 4) is 0 Å². The molecule has 0 atom stereocenters. The van der Waals surface area contributed by atoms with Gasteiger partial charge >= 0.3 is 11.9 Å². The molecule has 67 valence electrons. The summed E-state index contributed by atoms with van der Waals surface area (Å²) in [7, 11) is 2.95. The Morgan fingerprint density at radius 2 is 1.62 bits per heavy atom. The van der Waals surface area contributed by atoms with Gasteiger partial charge in [-0.3, -0.25) is 0 Å². The third-order valence-corrected chi connectivity index (χ3v) is 1.50. The van der Waals surface area contributed by atoms with Crippen LogP contribution in [0.25, 0.3) is 0 Å². The lowest BCUT2D eigenvalue weighted by molar-refractivity contribution is 0.0649. The Kier molecular flexibility index (Phi) is 2.64. The highest BCUT2D eigenvalue weighted by molar-refractivity contribution is 5.92. The fourth-order valence-electron chi connectivity index (χ4n) is 0.832. The molecule has 0 saturated heterocycles. The van der Waals surface area contributed by atoms with E-state index in [0.717, 1.165) is 0 Å². The first-order valence-electron chi connectivity index (χ1n) is 3.45. The number of ether oxygens (including phenoxy) is 1. The molecule has 1 N–H and O–H groups in total. The van der Waals surface area contributed by atoms with Crippen LogP contribution in [0.3, 0.4) is 0 Å². The minimum absolute atomic E-state index is 0.126. The van der Waals surface area contributed by atoms with E-state index in [4.69, 9.17) is 5.11 Å². The molecule has 4 nitrogen and oxygen atoms in total. The molecule has 0 aliphatic carbocycles. The van der Waals surface area contributed by atoms with Gasteiger partial charge in [-0.25, -0.2) is 9.59 Å². The minimum Gasteiger partial charge on any atom is -0.478 e. The number of rotatable bonds is 2. The van der Waals surface area contributed by atoms with Crippen molar-refractivity contribution >= 4 is 11.9 Å². The van der Waals surface area contributed by atoms with Crippen LogP contribution in [0, 0.1) is 7.11 Å². The quantitative estimate of drug-likeness (QED) is 0.695. The molecule has 0 bridgehead atoms. The zero-order valence-corrected chi connectivity index (χ0v) is 6.69. The summed E-state index contributed by atoms with van der Waals surface area (Å²) < 4.78 is 4.20. The van der Waals surface area contributed by atoms with E-state index in [9.17, 15) is 9.59 Å². The lowest BCUT2D eigenvalue weighted by atomic mass is 10.1. The highest BCUT2D eigenvalue weighted by Gasteiger charge is 2.06. The summed E-state index contributed by atoms with van der Waals surface area (Å²) in [5.41, 5.74) is 0.403. The van der Waals surface area contributed by atoms with Crippen molar-refractivity contribution in [3.05, 3.63) is 42.5 Å². The van der Waals surface area contributed by atoms with Crippen LogP contribution >= 0.6 is 0 Å². The van der Waals surface area contributed by atoms with Gasteiger partial charge in [0.05, 0.1) is 11.1 Å². The third-order valence-electron chi connectivity index (χ3n) is 1.50. The zero-order chi connectivity index (χ0) is 9.84. The first-order chi connectivity index (χ1) is 6.15. The molecule has 0 aliphatic rings. The normalized spacial score (nSPS) is 9.31. The third kappa shape index (κ3) is 2.05. The van der Waals surface area contributed by atoms with Gasteiger partial charge in [0.15, 0.2) is 0 Å². The van der Waals surface area contributed by atoms with Crippen molar-refractivity contribution in [1.29, 1.82) is 0 Å². The molecule has 0 heterocycles. The number of aromatic carboxylic acids is 1. The van der Waals surface area contributed by atoms with Crippen molar-refractivity contribution in [2.24, 2.45) is 0 Å². The largest absolute Gasteiger partial charge is 0.478 e. The van der Waals surface area contributed by atoms with Gasteiger partial charge in [0.2, 0.25) is 0 Å².